The van der Waals surface area contributed by atoms with Gasteiger partial charge in [-0.1, -0.05) is 24.3 Å². The summed E-state index contributed by atoms with van der Waals surface area (Å²) in [5.41, 5.74) is 1.93. The third-order valence-corrected chi connectivity index (χ3v) is 6.27. The second-order valence-corrected chi connectivity index (χ2v) is 9.23. The molecule has 0 unspecified atom stereocenters. The minimum Gasteiger partial charge on any atom is -0.375 e. The van der Waals surface area contributed by atoms with Gasteiger partial charge in [-0.25, -0.2) is 13.1 Å². The number of nitro groups is 1. The molecular weight excluding hydrogens is 432 g/mol. The van der Waals surface area contributed by atoms with Gasteiger partial charge in [0, 0.05) is 38.1 Å². The summed E-state index contributed by atoms with van der Waals surface area (Å²) in [7, 11) is -0.198. The van der Waals surface area contributed by atoms with Gasteiger partial charge in [-0.15, -0.1) is 0 Å². The van der Waals surface area contributed by atoms with Crippen LogP contribution in [0.5, 0.6) is 0 Å². The number of nitrogens with one attached hydrogen (secondary N) is 2. The molecule has 3 rings (SSSR count). The first-order valence-corrected chi connectivity index (χ1v) is 11.5. The number of nitro benzene ring substituents is 1. The SMILES string of the molecule is CN(C)CCNS(=O)(=O)c1ccc(NCc2ccccc2Cn2cccn2)c([N+](=O)[O-])c1. The molecule has 0 saturated carbocycles. The van der Waals surface area contributed by atoms with Crippen molar-refractivity contribution in [2.24, 2.45) is 0 Å². The summed E-state index contributed by atoms with van der Waals surface area (Å²) in [6.07, 6.45) is 3.57. The number of sulfonamides is 1. The van der Waals surface area contributed by atoms with Crippen LogP contribution < -0.4 is 10.0 Å². The first-order chi connectivity index (χ1) is 15.3. The van der Waals surface area contributed by atoms with Crippen LogP contribution in [-0.2, 0) is 23.1 Å². The van der Waals surface area contributed by atoms with Crippen molar-refractivity contribution < 1.29 is 13.3 Å². The summed E-state index contributed by atoms with van der Waals surface area (Å²) in [5, 5.41) is 18.9. The fraction of sp³-hybridized carbons (Fsp3) is 0.286. The van der Waals surface area contributed by atoms with E-state index in [1.165, 1.54) is 12.1 Å². The van der Waals surface area contributed by atoms with Gasteiger partial charge in [-0.2, -0.15) is 5.10 Å². The van der Waals surface area contributed by atoms with Gasteiger partial charge < -0.3 is 10.2 Å². The highest BCUT2D eigenvalue weighted by atomic mass is 32.2. The quantitative estimate of drug-likeness (QED) is 0.334. The summed E-state index contributed by atoms with van der Waals surface area (Å²) in [5.74, 6) is 0. The number of benzene rings is 2. The molecule has 0 aliphatic carbocycles. The van der Waals surface area contributed by atoms with Crippen molar-refractivity contribution in [2.75, 3.05) is 32.5 Å². The average Bonchev–Trinajstić information content (AvgIpc) is 3.25. The molecule has 11 heteroatoms. The highest BCUT2D eigenvalue weighted by Crippen LogP contribution is 2.28. The van der Waals surface area contributed by atoms with Gasteiger partial charge in [-0.3, -0.25) is 14.8 Å². The molecule has 2 N–H and O–H groups in total. The maximum atomic E-state index is 12.5. The van der Waals surface area contributed by atoms with E-state index >= 15 is 0 Å². The zero-order chi connectivity index (χ0) is 23.1. The summed E-state index contributed by atoms with van der Waals surface area (Å²) in [6.45, 7) is 1.63. The van der Waals surface area contributed by atoms with E-state index in [4.69, 9.17) is 0 Å². The molecule has 32 heavy (non-hydrogen) atoms. The molecular formula is C21H26N6O4S. The van der Waals surface area contributed by atoms with Crippen LogP contribution in [0, 0.1) is 10.1 Å². The zero-order valence-electron chi connectivity index (χ0n) is 17.9. The topological polar surface area (TPSA) is 122 Å². The van der Waals surface area contributed by atoms with Crippen molar-refractivity contribution in [2.45, 2.75) is 18.0 Å². The Hall–Kier alpha value is -3.28. The van der Waals surface area contributed by atoms with Crippen molar-refractivity contribution >= 4 is 21.4 Å². The third-order valence-electron chi connectivity index (χ3n) is 4.81. The Labute approximate surface area is 187 Å². The van der Waals surface area contributed by atoms with E-state index in [2.05, 4.69) is 15.1 Å². The van der Waals surface area contributed by atoms with Crippen molar-refractivity contribution in [3.8, 4) is 0 Å². The summed E-state index contributed by atoms with van der Waals surface area (Å²) in [6, 6.07) is 13.4. The molecule has 170 valence electrons. The van der Waals surface area contributed by atoms with Crippen LogP contribution in [0.1, 0.15) is 11.1 Å². The lowest BCUT2D eigenvalue weighted by Crippen LogP contribution is -2.31. The molecule has 0 spiro atoms. The molecule has 0 aliphatic rings. The Bertz CT molecular complexity index is 1160. The van der Waals surface area contributed by atoms with E-state index in [1.807, 2.05) is 55.5 Å². The normalized spacial score (nSPS) is 11.6. The number of nitrogens with zero attached hydrogens (tertiary/aromatic N) is 4. The van der Waals surface area contributed by atoms with Crippen LogP contribution in [-0.4, -0.2) is 55.2 Å². The zero-order valence-corrected chi connectivity index (χ0v) is 18.7. The molecule has 10 nitrogen and oxygen atoms in total. The smallest absolute Gasteiger partial charge is 0.293 e. The molecule has 0 aliphatic heterocycles. The number of rotatable bonds is 11. The van der Waals surface area contributed by atoms with Crippen molar-refractivity contribution in [1.29, 1.82) is 0 Å². The monoisotopic (exact) mass is 458 g/mol. The van der Waals surface area contributed by atoms with Crippen LogP contribution in [0.2, 0.25) is 0 Å². The van der Waals surface area contributed by atoms with E-state index in [0.717, 1.165) is 17.2 Å². The van der Waals surface area contributed by atoms with Gasteiger partial charge in [0.25, 0.3) is 5.69 Å². The summed E-state index contributed by atoms with van der Waals surface area (Å²) in [4.78, 5) is 12.7. The second kappa shape index (κ2) is 10.4. The first-order valence-electron chi connectivity index (χ1n) is 9.97. The fourth-order valence-corrected chi connectivity index (χ4v) is 4.15. The molecule has 0 atom stereocenters. The first kappa shape index (κ1) is 23.4. The van der Waals surface area contributed by atoms with Gasteiger partial charge in [0.2, 0.25) is 10.0 Å². The maximum Gasteiger partial charge on any atom is 0.293 e. The van der Waals surface area contributed by atoms with Gasteiger partial charge in [0.1, 0.15) is 5.69 Å². The minimum absolute atomic E-state index is 0.146. The second-order valence-electron chi connectivity index (χ2n) is 7.46. The Kier molecular flexibility index (Phi) is 7.57. The number of anilines is 1. The largest absolute Gasteiger partial charge is 0.375 e. The minimum atomic E-state index is -3.85. The Balaban J connectivity index is 1.77. The van der Waals surface area contributed by atoms with Crippen LogP contribution in [0.3, 0.4) is 0 Å². The molecule has 3 aromatic rings. The standard InChI is InChI=1S/C21H26N6O4S/c1-25(2)13-11-24-32(30,31)19-8-9-20(21(14-19)27(28)29)22-15-17-6-3-4-7-18(17)16-26-12-5-10-23-26/h3-10,12,14,22,24H,11,13,15-16H2,1-2H3. The summed E-state index contributed by atoms with van der Waals surface area (Å²) < 4.78 is 29.2. The number of hydrogen-bond donors (Lipinski definition) is 2. The van der Waals surface area contributed by atoms with Gasteiger partial charge >= 0.3 is 0 Å². The Morgan fingerprint density at radius 1 is 1.12 bits per heavy atom. The third kappa shape index (κ3) is 6.13. The van der Waals surface area contributed by atoms with Crippen LogP contribution in [0.4, 0.5) is 11.4 Å². The van der Waals surface area contributed by atoms with Crippen LogP contribution in [0.25, 0.3) is 0 Å². The van der Waals surface area contributed by atoms with E-state index in [-0.39, 0.29) is 22.8 Å². The van der Waals surface area contributed by atoms with Gasteiger partial charge in [0.15, 0.2) is 0 Å². The lowest BCUT2D eigenvalue weighted by Gasteiger charge is -2.13. The molecule has 1 heterocycles. The number of hydrogen-bond acceptors (Lipinski definition) is 7. The Morgan fingerprint density at radius 3 is 2.53 bits per heavy atom. The molecule has 0 saturated heterocycles. The molecule has 0 fully saturated rings. The van der Waals surface area contributed by atoms with Crippen molar-refractivity contribution in [3.63, 3.8) is 0 Å². The lowest BCUT2D eigenvalue weighted by atomic mass is 10.1. The predicted octanol–water partition coefficient (Wildman–Crippen LogP) is 2.29. The molecule has 0 bridgehead atoms. The highest BCUT2D eigenvalue weighted by molar-refractivity contribution is 7.89. The van der Waals surface area contributed by atoms with Crippen molar-refractivity contribution in [1.82, 2.24) is 19.4 Å². The van der Waals surface area contributed by atoms with Crippen LogP contribution >= 0.6 is 0 Å². The van der Waals surface area contributed by atoms with Crippen molar-refractivity contribution in [3.05, 3.63) is 82.2 Å². The molecule has 1 aromatic heterocycles. The number of aromatic nitrogens is 2. The average molecular weight is 459 g/mol. The lowest BCUT2D eigenvalue weighted by molar-refractivity contribution is -0.384. The molecule has 2 aromatic carbocycles. The van der Waals surface area contributed by atoms with E-state index < -0.39 is 14.9 Å². The summed E-state index contributed by atoms with van der Waals surface area (Å²) >= 11 is 0. The van der Waals surface area contributed by atoms with Gasteiger partial charge in [0.05, 0.1) is 16.4 Å². The van der Waals surface area contributed by atoms with Gasteiger partial charge in [-0.05, 0) is 43.4 Å². The maximum absolute atomic E-state index is 12.5. The molecule has 0 radical (unpaired) electrons. The molecule has 0 amide bonds. The van der Waals surface area contributed by atoms with E-state index in [1.54, 1.807) is 10.9 Å². The fourth-order valence-electron chi connectivity index (χ4n) is 3.11. The number of likely N-dealkylation sites (N-methyl/N-ethyl adjacent to an activating group) is 1. The highest BCUT2D eigenvalue weighted by Gasteiger charge is 2.21. The van der Waals surface area contributed by atoms with E-state index in [0.29, 0.717) is 19.6 Å². The van der Waals surface area contributed by atoms with E-state index in [9.17, 15) is 18.5 Å². The van der Waals surface area contributed by atoms with Crippen LogP contribution in [0.15, 0.2) is 65.8 Å². The Morgan fingerprint density at radius 2 is 1.88 bits per heavy atom. The predicted molar refractivity (Wildman–Crippen MR) is 122 cm³/mol.